The van der Waals surface area contributed by atoms with Crippen molar-refractivity contribution >= 4 is 10.0 Å². The predicted octanol–water partition coefficient (Wildman–Crippen LogP) is 0.162. The quantitative estimate of drug-likeness (QED) is 0.731. The molecule has 1 N–H and O–H groups in total. The summed E-state index contributed by atoms with van der Waals surface area (Å²) in [5, 5.41) is 0. The van der Waals surface area contributed by atoms with Crippen LogP contribution in [0.1, 0.15) is 25.7 Å². The molecule has 2 bridgehead atoms. The third kappa shape index (κ3) is 1.94. The van der Waals surface area contributed by atoms with Crippen LogP contribution in [0.25, 0.3) is 0 Å². The second kappa shape index (κ2) is 3.79. The fourth-order valence-electron chi connectivity index (χ4n) is 2.71. The Bertz CT molecular complexity index is 282. The molecule has 0 amide bonds. The van der Waals surface area contributed by atoms with E-state index in [-0.39, 0.29) is 5.75 Å². The molecule has 82 valence electrons. The standard InChI is InChI=1S/C9H18N2O2S/c1-10-14(12,13)7-6-11-8-2-3-9(11)5-4-8/h8-10H,2-7H2,1H3. The molecule has 5 heteroatoms. The SMILES string of the molecule is CNS(=O)(=O)CCN1C2CCC1CC2. The van der Waals surface area contributed by atoms with Crippen molar-refractivity contribution < 1.29 is 8.42 Å². The summed E-state index contributed by atoms with van der Waals surface area (Å²) >= 11 is 0. The van der Waals surface area contributed by atoms with E-state index in [0.29, 0.717) is 18.6 Å². The maximum Gasteiger partial charge on any atom is 0.212 e. The maximum absolute atomic E-state index is 11.3. The Labute approximate surface area is 85.7 Å². The van der Waals surface area contributed by atoms with E-state index in [9.17, 15) is 8.42 Å². The average molecular weight is 218 g/mol. The number of sulfonamides is 1. The Morgan fingerprint density at radius 1 is 1.21 bits per heavy atom. The number of fused-ring (bicyclic) bond motifs is 2. The molecule has 2 aliphatic rings. The van der Waals surface area contributed by atoms with E-state index in [1.165, 1.54) is 32.7 Å². The van der Waals surface area contributed by atoms with Gasteiger partial charge in [-0.05, 0) is 32.7 Å². The Kier molecular flexibility index (Phi) is 2.81. The zero-order chi connectivity index (χ0) is 10.2. The van der Waals surface area contributed by atoms with Crippen molar-refractivity contribution in [2.45, 2.75) is 37.8 Å². The van der Waals surface area contributed by atoms with Gasteiger partial charge in [-0.1, -0.05) is 0 Å². The smallest absolute Gasteiger partial charge is 0.212 e. The molecule has 0 spiro atoms. The van der Waals surface area contributed by atoms with Crippen molar-refractivity contribution in [2.24, 2.45) is 0 Å². The Morgan fingerprint density at radius 2 is 1.71 bits per heavy atom. The lowest BCUT2D eigenvalue weighted by Gasteiger charge is -2.20. The van der Waals surface area contributed by atoms with Crippen molar-refractivity contribution in [2.75, 3.05) is 19.3 Å². The second-order valence-electron chi connectivity index (χ2n) is 4.22. The molecule has 0 saturated carbocycles. The van der Waals surface area contributed by atoms with Crippen LogP contribution in [0, 0.1) is 0 Å². The number of hydrogen-bond donors (Lipinski definition) is 1. The Balaban J connectivity index is 1.87. The van der Waals surface area contributed by atoms with Gasteiger partial charge in [0, 0.05) is 18.6 Å². The minimum atomic E-state index is -3.02. The lowest BCUT2D eigenvalue weighted by molar-refractivity contribution is 0.268. The van der Waals surface area contributed by atoms with Gasteiger partial charge in [-0.25, -0.2) is 13.1 Å². The first kappa shape index (κ1) is 10.4. The van der Waals surface area contributed by atoms with Crippen LogP contribution in [0.5, 0.6) is 0 Å². The zero-order valence-electron chi connectivity index (χ0n) is 8.57. The summed E-state index contributed by atoms with van der Waals surface area (Å²) in [6, 6.07) is 1.35. The minimum absolute atomic E-state index is 0.247. The lowest BCUT2D eigenvalue weighted by atomic mass is 10.0. The van der Waals surface area contributed by atoms with Crippen molar-refractivity contribution in [3.05, 3.63) is 0 Å². The van der Waals surface area contributed by atoms with Crippen molar-refractivity contribution in [3.63, 3.8) is 0 Å². The van der Waals surface area contributed by atoms with Gasteiger partial charge in [0.25, 0.3) is 0 Å². The van der Waals surface area contributed by atoms with Gasteiger partial charge in [0.05, 0.1) is 5.75 Å². The van der Waals surface area contributed by atoms with Gasteiger partial charge in [0.2, 0.25) is 10.0 Å². The maximum atomic E-state index is 11.3. The van der Waals surface area contributed by atoms with Gasteiger partial charge >= 0.3 is 0 Å². The van der Waals surface area contributed by atoms with E-state index < -0.39 is 10.0 Å². The summed E-state index contributed by atoms with van der Waals surface area (Å²) in [7, 11) is -1.54. The topological polar surface area (TPSA) is 49.4 Å². The van der Waals surface area contributed by atoms with E-state index in [4.69, 9.17) is 0 Å². The molecule has 0 aromatic rings. The fraction of sp³-hybridized carbons (Fsp3) is 1.00. The zero-order valence-corrected chi connectivity index (χ0v) is 9.39. The molecule has 0 aromatic heterocycles. The first-order valence-electron chi connectivity index (χ1n) is 5.29. The van der Waals surface area contributed by atoms with E-state index in [0.717, 1.165) is 0 Å². The normalized spacial score (nSPS) is 32.6. The summed E-state index contributed by atoms with van der Waals surface area (Å²) in [6.45, 7) is 0.707. The molecule has 14 heavy (non-hydrogen) atoms. The molecule has 0 atom stereocenters. The second-order valence-corrected chi connectivity index (χ2v) is 6.27. The average Bonchev–Trinajstić information content (AvgIpc) is 2.74. The molecule has 2 saturated heterocycles. The van der Waals surface area contributed by atoms with Crippen LogP contribution < -0.4 is 4.72 Å². The Hall–Kier alpha value is -0.130. The number of nitrogens with zero attached hydrogens (tertiary/aromatic N) is 1. The van der Waals surface area contributed by atoms with E-state index in [1.54, 1.807) is 0 Å². The third-order valence-electron chi connectivity index (χ3n) is 3.53. The van der Waals surface area contributed by atoms with E-state index >= 15 is 0 Å². The van der Waals surface area contributed by atoms with Crippen LogP contribution in [-0.4, -0.2) is 44.7 Å². The molecule has 2 heterocycles. The summed E-state index contributed by atoms with van der Waals surface area (Å²) in [5.41, 5.74) is 0. The molecule has 0 unspecified atom stereocenters. The van der Waals surface area contributed by atoms with E-state index in [1.807, 2.05) is 0 Å². The van der Waals surface area contributed by atoms with Gasteiger partial charge in [-0.2, -0.15) is 0 Å². The van der Waals surface area contributed by atoms with Crippen molar-refractivity contribution in [1.82, 2.24) is 9.62 Å². The Morgan fingerprint density at radius 3 is 2.14 bits per heavy atom. The van der Waals surface area contributed by atoms with Crippen molar-refractivity contribution in [3.8, 4) is 0 Å². The summed E-state index contributed by atoms with van der Waals surface area (Å²) in [6.07, 6.45) is 5.07. The van der Waals surface area contributed by atoms with Crippen molar-refractivity contribution in [1.29, 1.82) is 0 Å². The van der Waals surface area contributed by atoms with Gasteiger partial charge in [0.1, 0.15) is 0 Å². The third-order valence-corrected chi connectivity index (χ3v) is 4.88. The highest BCUT2D eigenvalue weighted by atomic mass is 32.2. The molecular formula is C9H18N2O2S. The molecular weight excluding hydrogens is 200 g/mol. The van der Waals surface area contributed by atoms with Crippen LogP contribution in [0.2, 0.25) is 0 Å². The largest absolute Gasteiger partial charge is 0.296 e. The summed E-state index contributed by atoms with van der Waals surface area (Å²) in [4.78, 5) is 2.38. The molecule has 2 aliphatic heterocycles. The van der Waals surface area contributed by atoms with E-state index in [2.05, 4.69) is 9.62 Å². The van der Waals surface area contributed by atoms with Crippen LogP contribution in [-0.2, 0) is 10.0 Å². The van der Waals surface area contributed by atoms with Gasteiger partial charge in [-0.3, -0.25) is 4.90 Å². The fourth-order valence-corrected chi connectivity index (χ4v) is 3.37. The number of nitrogens with one attached hydrogen (secondary N) is 1. The summed E-state index contributed by atoms with van der Waals surface area (Å²) < 4.78 is 24.9. The van der Waals surface area contributed by atoms with Crippen LogP contribution >= 0.6 is 0 Å². The van der Waals surface area contributed by atoms with Crippen LogP contribution in [0.15, 0.2) is 0 Å². The van der Waals surface area contributed by atoms with Gasteiger partial charge in [0.15, 0.2) is 0 Å². The molecule has 0 radical (unpaired) electrons. The number of rotatable bonds is 4. The minimum Gasteiger partial charge on any atom is -0.296 e. The lowest BCUT2D eigenvalue weighted by Crippen LogP contribution is -2.36. The highest BCUT2D eigenvalue weighted by Crippen LogP contribution is 2.36. The molecule has 2 fully saturated rings. The highest BCUT2D eigenvalue weighted by molar-refractivity contribution is 7.89. The molecule has 2 rings (SSSR count). The number of hydrogen-bond acceptors (Lipinski definition) is 3. The predicted molar refractivity (Wildman–Crippen MR) is 55.6 cm³/mol. The highest BCUT2D eigenvalue weighted by Gasteiger charge is 2.39. The van der Waals surface area contributed by atoms with Gasteiger partial charge < -0.3 is 0 Å². The molecule has 0 aromatic carbocycles. The first-order chi connectivity index (χ1) is 6.62. The first-order valence-corrected chi connectivity index (χ1v) is 6.94. The van der Waals surface area contributed by atoms with Crippen LogP contribution in [0.3, 0.4) is 0 Å². The molecule has 0 aliphatic carbocycles. The summed E-state index contributed by atoms with van der Waals surface area (Å²) in [5.74, 6) is 0.247. The monoisotopic (exact) mass is 218 g/mol. The molecule has 4 nitrogen and oxygen atoms in total. The van der Waals surface area contributed by atoms with Gasteiger partial charge in [-0.15, -0.1) is 0 Å². The van der Waals surface area contributed by atoms with Crippen LogP contribution in [0.4, 0.5) is 0 Å².